The monoisotopic (exact) mass is 624 g/mol. The quantitative estimate of drug-likeness (QED) is 0.253. The zero-order valence-electron chi connectivity index (χ0n) is 21.2. The average molecular weight is 625 g/mol. The van der Waals surface area contributed by atoms with E-state index in [-0.39, 0.29) is 26.1 Å². The predicted molar refractivity (Wildman–Crippen MR) is 138 cm³/mol. The average Bonchev–Trinajstić information content (AvgIpc) is 2.98. The first-order valence-corrected chi connectivity index (χ1v) is 13.0. The molecule has 1 fully saturated rings. The largest absolute Gasteiger partial charge is 0.631 e. The van der Waals surface area contributed by atoms with Crippen molar-refractivity contribution in [1.29, 1.82) is 0 Å². The van der Waals surface area contributed by atoms with Gasteiger partial charge in [-0.3, -0.25) is 0 Å². The third kappa shape index (κ3) is 7.74. The minimum Gasteiger partial charge on any atom is -0.402 e. The van der Waals surface area contributed by atoms with E-state index in [1.807, 2.05) is 27.7 Å². The van der Waals surface area contributed by atoms with E-state index in [1.165, 1.54) is 23.1 Å². The van der Waals surface area contributed by atoms with Gasteiger partial charge in [0.1, 0.15) is 6.34 Å². The van der Waals surface area contributed by atoms with Crippen molar-refractivity contribution in [2.24, 2.45) is 4.40 Å². The fraction of sp³-hybridized carbons (Fsp3) is 0.450. The normalized spacial score (nSPS) is 16.8. The van der Waals surface area contributed by atoms with Gasteiger partial charge in [-0.1, -0.05) is 12.1 Å². The van der Waals surface area contributed by atoms with E-state index in [0.29, 0.717) is 0 Å². The van der Waals surface area contributed by atoms with E-state index < -0.39 is 47.7 Å². The van der Waals surface area contributed by atoms with Crippen LogP contribution in [0, 0.1) is 0 Å². The molecule has 0 amide bonds. The van der Waals surface area contributed by atoms with Gasteiger partial charge in [0.15, 0.2) is 0 Å². The molecule has 1 aromatic carbocycles. The van der Waals surface area contributed by atoms with Crippen molar-refractivity contribution in [3.63, 3.8) is 0 Å². The molecule has 11 nitrogen and oxygen atoms in total. The van der Waals surface area contributed by atoms with Gasteiger partial charge in [0, 0.05) is 31.3 Å². The minimum atomic E-state index is -4.77. The second-order valence-corrected chi connectivity index (χ2v) is 11.7. The molecule has 2 heterocycles. The lowest BCUT2D eigenvalue weighted by Crippen LogP contribution is -2.41. The Bertz CT molecular complexity index is 1280. The van der Waals surface area contributed by atoms with Crippen LogP contribution in [-0.2, 0) is 25.5 Å². The standard InChI is InChI=1S/C20H23BBrF3N4O4S.BH3O3/c1-18(2)19(3,4)33-21(32-18)13-8-7-12(9-15(13)34(30,31)27-11-29(5)6)16-14(22)10-26-17(28-16)20(23,24)25;2-1(3)4/h7-11H,1-6H3;2-4H. The van der Waals surface area contributed by atoms with Gasteiger partial charge in [-0.15, -0.1) is 4.40 Å². The van der Waals surface area contributed by atoms with Crippen molar-refractivity contribution in [2.45, 2.75) is 50.0 Å². The summed E-state index contributed by atoms with van der Waals surface area (Å²) in [5.41, 5.74) is -1.35. The Hall–Kier alpha value is -2.08. The van der Waals surface area contributed by atoms with Crippen molar-refractivity contribution in [1.82, 2.24) is 14.9 Å². The van der Waals surface area contributed by atoms with Gasteiger partial charge in [0.2, 0.25) is 5.82 Å². The number of benzene rings is 1. The van der Waals surface area contributed by atoms with E-state index in [4.69, 9.17) is 24.4 Å². The van der Waals surface area contributed by atoms with Crippen LogP contribution in [-0.4, -0.2) is 84.4 Å². The molecule has 38 heavy (non-hydrogen) atoms. The molecule has 3 rings (SSSR count). The summed E-state index contributed by atoms with van der Waals surface area (Å²) in [5.74, 6) is -1.35. The van der Waals surface area contributed by atoms with Crippen LogP contribution in [0.25, 0.3) is 11.3 Å². The van der Waals surface area contributed by atoms with Crippen molar-refractivity contribution >= 4 is 52.2 Å². The van der Waals surface area contributed by atoms with E-state index in [2.05, 4.69) is 30.3 Å². The number of alkyl halides is 3. The van der Waals surface area contributed by atoms with Crippen molar-refractivity contribution in [3.05, 3.63) is 34.7 Å². The van der Waals surface area contributed by atoms with E-state index in [1.54, 1.807) is 14.1 Å². The molecule has 0 radical (unpaired) electrons. The van der Waals surface area contributed by atoms with Crippen molar-refractivity contribution in [3.8, 4) is 11.3 Å². The van der Waals surface area contributed by atoms with Gasteiger partial charge in [0.25, 0.3) is 10.0 Å². The van der Waals surface area contributed by atoms with Gasteiger partial charge in [-0.25, -0.2) is 9.97 Å². The summed E-state index contributed by atoms with van der Waals surface area (Å²) in [6.07, 6.45) is -2.70. The first-order valence-electron chi connectivity index (χ1n) is 10.8. The van der Waals surface area contributed by atoms with Gasteiger partial charge in [0.05, 0.1) is 26.3 Å². The molecule has 208 valence electrons. The molecule has 1 aliphatic heterocycles. The smallest absolute Gasteiger partial charge is 0.402 e. The summed E-state index contributed by atoms with van der Waals surface area (Å²) in [6.45, 7) is 7.26. The number of hydrogen-bond donors (Lipinski definition) is 3. The van der Waals surface area contributed by atoms with E-state index >= 15 is 0 Å². The Morgan fingerprint density at radius 1 is 1.13 bits per heavy atom. The number of halogens is 4. The molecule has 0 bridgehead atoms. The van der Waals surface area contributed by atoms with Crippen LogP contribution < -0.4 is 5.46 Å². The summed E-state index contributed by atoms with van der Waals surface area (Å²) in [7, 11) is -4.31. The number of rotatable bonds is 5. The Kier molecular flexibility index (Phi) is 9.79. The molecule has 0 spiro atoms. The second-order valence-electron chi connectivity index (χ2n) is 9.23. The van der Waals surface area contributed by atoms with Crippen LogP contribution in [0.15, 0.2) is 38.2 Å². The third-order valence-electron chi connectivity index (χ3n) is 5.49. The molecule has 3 N–H and O–H groups in total. The summed E-state index contributed by atoms with van der Waals surface area (Å²) >= 11 is 3.15. The number of sulfonamides is 1. The number of hydrogen-bond acceptors (Lipinski definition) is 9. The Morgan fingerprint density at radius 2 is 1.66 bits per heavy atom. The molecule has 0 aliphatic carbocycles. The summed E-state index contributed by atoms with van der Waals surface area (Å²) < 4.78 is 81.7. The van der Waals surface area contributed by atoms with Crippen LogP contribution in [0.5, 0.6) is 0 Å². The number of nitrogens with zero attached hydrogens (tertiary/aromatic N) is 4. The highest BCUT2D eigenvalue weighted by Gasteiger charge is 2.53. The SMILES string of the molecule is CN(C)C=NS(=O)(=O)c1cc(-c2nc(C(F)(F)F)ncc2Br)ccc1B1OC(C)(C)C(C)(C)O1.OB(O)O. The molecule has 0 unspecified atom stereocenters. The molecular formula is C20H26B2BrF3N4O7S. The van der Waals surface area contributed by atoms with E-state index in [9.17, 15) is 21.6 Å². The molecule has 1 aromatic heterocycles. The lowest BCUT2D eigenvalue weighted by Gasteiger charge is -2.32. The summed E-state index contributed by atoms with van der Waals surface area (Å²) in [5, 5.41) is 21.5. The topological polar surface area (TPSA) is 155 Å². The second kappa shape index (κ2) is 11.6. The highest BCUT2D eigenvalue weighted by atomic mass is 79.9. The van der Waals surface area contributed by atoms with Crippen LogP contribution >= 0.6 is 15.9 Å². The maximum absolute atomic E-state index is 13.2. The number of aromatic nitrogens is 2. The van der Waals surface area contributed by atoms with Crippen LogP contribution in [0.3, 0.4) is 0 Å². The Balaban J connectivity index is 0.00000118. The molecule has 1 aliphatic rings. The highest BCUT2D eigenvalue weighted by Crippen LogP contribution is 2.38. The first kappa shape index (κ1) is 32.1. The fourth-order valence-corrected chi connectivity index (χ4v) is 4.57. The van der Waals surface area contributed by atoms with E-state index in [0.717, 1.165) is 12.5 Å². The maximum atomic E-state index is 13.2. The van der Waals surface area contributed by atoms with Gasteiger partial charge >= 0.3 is 20.6 Å². The molecule has 0 saturated carbocycles. The predicted octanol–water partition coefficient (Wildman–Crippen LogP) is 1.45. The van der Waals surface area contributed by atoms with Crippen LogP contribution in [0.4, 0.5) is 13.2 Å². The summed E-state index contributed by atoms with van der Waals surface area (Å²) in [4.78, 5) is 8.06. The third-order valence-corrected chi connectivity index (χ3v) is 7.35. The van der Waals surface area contributed by atoms with Gasteiger partial charge in [-0.05, 0) is 49.7 Å². The molecule has 1 saturated heterocycles. The Labute approximate surface area is 227 Å². The lowest BCUT2D eigenvalue weighted by molar-refractivity contribution is -0.144. The van der Waals surface area contributed by atoms with Gasteiger partial charge in [-0.2, -0.15) is 21.6 Å². The fourth-order valence-electron chi connectivity index (χ4n) is 2.99. The zero-order valence-corrected chi connectivity index (χ0v) is 23.6. The lowest BCUT2D eigenvalue weighted by atomic mass is 9.78. The molecule has 0 atom stereocenters. The zero-order chi connectivity index (χ0) is 29.3. The first-order chi connectivity index (χ1) is 17.2. The van der Waals surface area contributed by atoms with Gasteiger partial charge < -0.3 is 29.3 Å². The van der Waals surface area contributed by atoms with Crippen molar-refractivity contribution < 1.29 is 46.0 Å². The molecular weight excluding hydrogens is 599 g/mol. The van der Waals surface area contributed by atoms with Crippen LogP contribution in [0.1, 0.15) is 33.5 Å². The minimum absolute atomic E-state index is 0.110. The van der Waals surface area contributed by atoms with Crippen LogP contribution in [0.2, 0.25) is 0 Å². The Morgan fingerprint density at radius 3 is 2.13 bits per heavy atom. The highest BCUT2D eigenvalue weighted by molar-refractivity contribution is 9.10. The van der Waals surface area contributed by atoms with Crippen molar-refractivity contribution in [2.75, 3.05) is 14.1 Å². The maximum Gasteiger partial charge on any atom is 0.631 e. The molecule has 2 aromatic rings. The molecule has 18 heteroatoms. The summed E-state index contributed by atoms with van der Waals surface area (Å²) in [6, 6.07) is 4.08.